The van der Waals surface area contributed by atoms with E-state index in [0.717, 1.165) is 5.01 Å². The second-order valence-electron chi connectivity index (χ2n) is 1.72. The molecule has 9 heavy (non-hydrogen) atoms. The van der Waals surface area contributed by atoms with Gasteiger partial charge in [0.25, 0.3) is 0 Å². The van der Waals surface area contributed by atoms with Crippen molar-refractivity contribution in [2.24, 2.45) is 0 Å². The van der Waals surface area contributed by atoms with E-state index in [4.69, 9.17) is 0 Å². The predicted molar refractivity (Wildman–Crippen MR) is 42.7 cm³/mol. The maximum Gasteiger partial charge on any atom is 0.110 e. The molecule has 0 aliphatic heterocycles. The first-order chi connectivity index (χ1) is 4.34. The maximum atomic E-state index is 4.09. The van der Waals surface area contributed by atoms with E-state index >= 15 is 0 Å². The molecular formula is C5H8N2S2. The molecule has 1 unspecified atom stereocenters. The Morgan fingerprint density at radius 3 is 3.11 bits per heavy atom. The number of nitrogens with zero attached hydrogens (tertiary/aromatic N) is 1. The lowest BCUT2D eigenvalue weighted by molar-refractivity contribution is 0.751. The van der Waals surface area contributed by atoms with Gasteiger partial charge in [-0.25, -0.2) is 4.98 Å². The molecule has 0 bridgehead atoms. The summed E-state index contributed by atoms with van der Waals surface area (Å²) in [5.74, 6) is 0. The van der Waals surface area contributed by atoms with Gasteiger partial charge in [0.2, 0.25) is 0 Å². The van der Waals surface area contributed by atoms with E-state index in [2.05, 4.69) is 22.5 Å². The van der Waals surface area contributed by atoms with Crippen molar-refractivity contribution >= 4 is 24.2 Å². The lowest BCUT2D eigenvalue weighted by Crippen LogP contribution is -2.05. The van der Waals surface area contributed by atoms with Crippen LogP contribution in [0.5, 0.6) is 0 Å². The van der Waals surface area contributed by atoms with Gasteiger partial charge in [-0.3, -0.25) is 4.72 Å². The molecule has 0 amide bonds. The Bertz CT molecular complexity index is 161. The van der Waals surface area contributed by atoms with Gasteiger partial charge in [0, 0.05) is 11.6 Å². The van der Waals surface area contributed by atoms with Crippen molar-refractivity contribution in [1.29, 1.82) is 0 Å². The average molecular weight is 160 g/mol. The van der Waals surface area contributed by atoms with Crippen LogP contribution in [0.1, 0.15) is 18.0 Å². The Hall–Kier alpha value is -0.0600. The zero-order valence-corrected chi connectivity index (χ0v) is 6.75. The van der Waals surface area contributed by atoms with E-state index in [-0.39, 0.29) is 6.04 Å². The molecule has 0 aliphatic rings. The molecule has 0 aliphatic carbocycles. The molecular weight excluding hydrogens is 152 g/mol. The number of thiol groups is 1. The van der Waals surface area contributed by atoms with Crippen LogP contribution in [-0.2, 0) is 0 Å². The van der Waals surface area contributed by atoms with Gasteiger partial charge in [-0.05, 0) is 6.92 Å². The molecule has 0 saturated heterocycles. The Balaban J connectivity index is 2.65. The highest BCUT2D eigenvalue weighted by Crippen LogP contribution is 2.14. The van der Waals surface area contributed by atoms with Crippen LogP contribution >= 0.6 is 24.2 Å². The molecule has 1 heterocycles. The minimum atomic E-state index is 0.258. The zero-order valence-electron chi connectivity index (χ0n) is 5.03. The fraction of sp³-hybridized carbons (Fsp3) is 0.400. The highest BCUT2D eigenvalue weighted by Gasteiger charge is 2.02. The summed E-state index contributed by atoms with van der Waals surface area (Å²) in [7, 11) is 0. The monoisotopic (exact) mass is 160 g/mol. The first kappa shape index (κ1) is 7.05. The smallest absolute Gasteiger partial charge is 0.110 e. The van der Waals surface area contributed by atoms with Crippen LogP contribution in [-0.4, -0.2) is 4.98 Å². The Labute approximate surface area is 63.9 Å². The lowest BCUT2D eigenvalue weighted by Gasteiger charge is -2.02. The van der Waals surface area contributed by atoms with Crippen molar-refractivity contribution in [3.8, 4) is 0 Å². The molecule has 1 N–H and O–H groups in total. The number of hydrogen-bond acceptors (Lipinski definition) is 4. The summed E-state index contributed by atoms with van der Waals surface area (Å²) < 4.78 is 2.81. The highest BCUT2D eigenvalue weighted by molar-refractivity contribution is 7.78. The summed E-state index contributed by atoms with van der Waals surface area (Å²) in [5.41, 5.74) is 0. The standard InChI is InChI=1S/C5H8N2S2/c1-4(7-8)5-6-2-3-9-5/h2-4,7-8H,1H3. The summed E-state index contributed by atoms with van der Waals surface area (Å²) in [6.45, 7) is 2.02. The van der Waals surface area contributed by atoms with Crippen molar-refractivity contribution in [1.82, 2.24) is 9.71 Å². The summed E-state index contributed by atoms with van der Waals surface area (Å²) in [6.07, 6.45) is 1.79. The molecule has 1 aromatic heterocycles. The number of hydrogen-bond donors (Lipinski definition) is 2. The second-order valence-corrected chi connectivity index (χ2v) is 2.91. The molecule has 1 aromatic rings. The minimum Gasteiger partial charge on any atom is -0.257 e. The van der Waals surface area contributed by atoms with Gasteiger partial charge >= 0.3 is 0 Å². The molecule has 4 heteroatoms. The molecule has 50 valence electrons. The average Bonchev–Trinajstić information content (AvgIpc) is 2.37. The van der Waals surface area contributed by atoms with Crippen LogP contribution in [0.2, 0.25) is 0 Å². The quantitative estimate of drug-likeness (QED) is 0.643. The van der Waals surface area contributed by atoms with Crippen LogP contribution in [0.15, 0.2) is 11.6 Å². The van der Waals surface area contributed by atoms with Crippen molar-refractivity contribution < 1.29 is 0 Å². The highest BCUT2D eigenvalue weighted by atomic mass is 32.1. The third-order valence-electron chi connectivity index (χ3n) is 1.02. The SMILES string of the molecule is CC(NS)c1nccs1. The largest absolute Gasteiger partial charge is 0.257 e. The molecule has 1 atom stereocenters. The lowest BCUT2D eigenvalue weighted by atomic mass is 10.4. The van der Waals surface area contributed by atoms with E-state index in [1.807, 2.05) is 12.3 Å². The van der Waals surface area contributed by atoms with Crippen LogP contribution in [0.4, 0.5) is 0 Å². The third-order valence-corrected chi connectivity index (χ3v) is 2.36. The summed E-state index contributed by atoms with van der Waals surface area (Å²) in [4.78, 5) is 4.09. The van der Waals surface area contributed by atoms with Crippen molar-refractivity contribution in [3.05, 3.63) is 16.6 Å². The first-order valence-electron chi connectivity index (χ1n) is 2.63. The fourth-order valence-electron chi connectivity index (χ4n) is 0.504. The fourth-order valence-corrected chi connectivity index (χ4v) is 1.36. The molecule has 0 aromatic carbocycles. The van der Waals surface area contributed by atoms with Gasteiger partial charge < -0.3 is 0 Å². The number of aromatic nitrogens is 1. The van der Waals surface area contributed by atoms with Crippen molar-refractivity contribution in [2.75, 3.05) is 0 Å². The number of thiazole rings is 1. The van der Waals surface area contributed by atoms with Crippen LogP contribution < -0.4 is 4.72 Å². The van der Waals surface area contributed by atoms with E-state index < -0.39 is 0 Å². The van der Waals surface area contributed by atoms with E-state index in [1.165, 1.54) is 0 Å². The zero-order chi connectivity index (χ0) is 6.69. The van der Waals surface area contributed by atoms with Gasteiger partial charge in [-0.1, -0.05) is 12.8 Å². The predicted octanol–water partition coefficient (Wildman–Crippen LogP) is 1.64. The topological polar surface area (TPSA) is 24.9 Å². The molecule has 0 radical (unpaired) electrons. The first-order valence-corrected chi connectivity index (χ1v) is 3.96. The minimum absolute atomic E-state index is 0.258. The normalized spacial score (nSPS) is 13.6. The van der Waals surface area contributed by atoms with E-state index in [1.54, 1.807) is 17.5 Å². The number of nitrogens with one attached hydrogen (secondary N) is 1. The van der Waals surface area contributed by atoms with Crippen molar-refractivity contribution in [2.45, 2.75) is 13.0 Å². The maximum absolute atomic E-state index is 4.09. The molecule has 0 saturated carbocycles. The Kier molecular flexibility index (Phi) is 2.50. The van der Waals surface area contributed by atoms with Crippen molar-refractivity contribution in [3.63, 3.8) is 0 Å². The summed E-state index contributed by atoms with van der Waals surface area (Å²) in [6, 6.07) is 0.258. The summed E-state index contributed by atoms with van der Waals surface area (Å²) in [5, 5.41) is 3.03. The van der Waals surface area contributed by atoms with E-state index in [0.29, 0.717) is 0 Å². The third kappa shape index (κ3) is 1.67. The Morgan fingerprint density at radius 1 is 1.89 bits per heavy atom. The van der Waals surface area contributed by atoms with Gasteiger partial charge in [0.15, 0.2) is 0 Å². The number of rotatable bonds is 2. The summed E-state index contributed by atoms with van der Waals surface area (Å²) >= 11 is 5.55. The van der Waals surface area contributed by atoms with Crippen LogP contribution in [0, 0.1) is 0 Å². The molecule has 0 fully saturated rings. The van der Waals surface area contributed by atoms with Crippen LogP contribution in [0.3, 0.4) is 0 Å². The van der Waals surface area contributed by atoms with Gasteiger partial charge in [-0.15, -0.1) is 11.3 Å². The molecule has 0 spiro atoms. The van der Waals surface area contributed by atoms with Gasteiger partial charge in [-0.2, -0.15) is 0 Å². The molecule has 1 rings (SSSR count). The van der Waals surface area contributed by atoms with Crippen LogP contribution in [0.25, 0.3) is 0 Å². The molecule has 2 nitrogen and oxygen atoms in total. The Morgan fingerprint density at radius 2 is 2.67 bits per heavy atom. The van der Waals surface area contributed by atoms with Gasteiger partial charge in [0.05, 0.1) is 6.04 Å². The van der Waals surface area contributed by atoms with E-state index in [9.17, 15) is 0 Å². The van der Waals surface area contributed by atoms with Gasteiger partial charge in [0.1, 0.15) is 5.01 Å². The second kappa shape index (κ2) is 3.20.